The second-order valence-electron chi connectivity index (χ2n) is 7.40. The fraction of sp³-hybridized carbons (Fsp3) is 0.500. The Morgan fingerprint density at radius 1 is 1.24 bits per heavy atom. The molecule has 2 aliphatic rings. The van der Waals surface area contributed by atoms with Crippen molar-refractivity contribution in [2.24, 2.45) is 5.92 Å². The highest BCUT2D eigenvalue weighted by molar-refractivity contribution is 5.92. The topological polar surface area (TPSA) is 99.1 Å². The number of aliphatic hydroxyl groups excluding tert-OH is 1. The van der Waals surface area contributed by atoms with E-state index in [9.17, 15) is 19.5 Å². The summed E-state index contributed by atoms with van der Waals surface area (Å²) in [4.78, 5) is 36.1. The number of carbonyl (C=O) groups is 3. The minimum absolute atomic E-state index is 0.117. The van der Waals surface area contributed by atoms with E-state index in [1.807, 2.05) is 0 Å². The molecule has 7 nitrogen and oxygen atoms in total. The van der Waals surface area contributed by atoms with Crippen LogP contribution in [0.4, 0.5) is 0 Å². The monoisotopic (exact) mass is 404 g/mol. The highest BCUT2D eigenvalue weighted by Crippen LogP contribution is 2.37. The van der Waals surface area contributed by atoms with Gasteiger partial charge in [0.1, 0.15) is 24.4 Å². The van der Waals surface area contributed by atoms with Crippen molar-refractivity contribution < 1.29 is 33.7 Å². The van der Waals surface area contributed by atoms with Crippen LogP contribution in [0, 0.1) is 5.92 Å². The van der Waals surface area contributed by atoms with Gasteiger partial charge in [-0.25, -0.2) is 9.59 Å². The number of allylic oxidation sites excluding steroid dienone is 1. The number of fused-ring (bicyclic) bond motifs is 1. The van der Waals surface area contributed by atoms with Crippen LogP contribution in [0.5, 0.6) is 0 Å². The number of hydrogen-bond donors (Lipinski definition) is 1. The molecule has 1 aliphatic carbocycles. The number of hydrogen-bond acceptors (Lipinski definition) is 7. The maximum absolute atomic E-state index is 12.4. The lowest BCUT2D eigenvalue weighted by Crippen LogP contribution is -2.43. The summed E-state index contributed by atoms with van der Waals surface area (Å²) in [6.07, 6.45) is 1.71. The molecule has 0 radical (unpaired) electrons. The molecule has 0 bridgehead atoms. The van der Waals surface area contributed by atoms with Crippen molar-refractivity contribution in [3.63, 3.8) is 0 Å². The maximum Gasteiger partial charge on any atom is 0.334 e. The van der Waals surface area contributed by atoms with Crippen molar-refractivity contribution in [3.05, 3.63) is 47.1 Å². The summed E-state index contributed by atoms with van der Waals surface area (Å²) in [6.45, 7) is 11.9. The van der Waals surface area contributed by atoms with Crippen LogP contribution in [0.1, 0.15) is 41.0 Å². The Hall–Kier alpha value is -2.67. The van der Waals surface area contributed by atoms with Crippen molar-refractivity contribution in [3.8, 4) is 0 Å². The summed E-state index contributed by atoms with van der Waals surface area (Å²) in [7, 11) is 0. The lowest BCUT2D eigenvalue weighted by atomic mass is 9.83. The lowest BCUT2D eigenvalue weighted by Gasteiger charge is -2.32. The average molecular weight is 404 g/mol. The van der Waals surface area contributed by atoms with Gasteiger partial charge >= 0.3 is 17.9 Å². The fourth-order valence-electron chi connectivity index (χ4n) is 3.36. The molecule has 0 unspecified atom stereocenters. The van der Waals surface area contributed by atoms with Gasteiger partial charge in [0.15, 0.2) is 0 Å². The van der Waals surface area contributed by atoms with Gasteiger partial charge in [-0.05, 0) is 44.9 Å². The molecule has 2 rings (SSSR count). The molecule has 1 N–H and O–H groups in total. The van der Waals surface area contributed by atoms with E-state index in [1.54, 1.807) is 45.9 Å². The minimum atomic E-state index is -1.19. The van der Waals surface area contributed by atoms with Crippen LogP contribution in [0.15, 0.2) is 47.1 Å². The van der Waals surface area contributed by atoms with Gasteiger partial charge in [0.25, 0.3) is 0 Å². The van der Waals surface area contributed by atoms with E-state index in [4.69, 9.17) is 14.2 Å². The summed E-state index contributed by atoms with van der Waals surface area (Å²) in [5.41, 5.74) is 1.71. The summed E-state index contributed by atoms with van der Waals surface area (Å²) < 4.78 is 16.4. The van der Waals surface area contributed by atoms with Crippen molar-refractivity contribution in [1.29, 1.82) is 0 Å². The molecule has 1 fully saturated rings. The molecule has 0 saturated carbocycles. The van der Waals surface area contributed by atoms with Crippen LogP contribution in [0.3, 0.4) is 0 Å². The van der Waals surface area contributed by atoms with Crippen molar-refractivity contribution >= 4 is 17.9 Å². The third-order valence-corrected chi connectivity index (χ3v) is 5.29. The molecule has 0 spiro atoms. The first-order valence-electron chi connectivity index (χ1n) is 9.50. The number of esters is 3. The molecule has 7 heteroatoms. The minimum Gasteiger partial charge on any atom is -0.458 e. The van der Waals surface area contributed by atoms with E-state index >= 15 is 0 Å². The number of carbonyl (C=O) groups excluding carboxylic acids is 3. The van der Waals surface area contributed by atoms with Gasteiger partial charge in [-0.15, -0.1) is 0 Å². The molecule has 0 aromatic heterocycles. The van der Waals surface area contributed by atoms with Gasteiger partial charge in [-0.3, -0.25) is 4.79 Å². The zero-order chi connectivity index (χ0) is 21.9. The molecule has 29 heavy (non-hydrogen) atoms. The normalized spacial score (nSPS) is 34.1. The van der Waals surface area contributed by atoms with Gasteiger partial charge in [-0.1, -0.05) is 18.7 Å². The Labute approximate surface area is 170 Å². The molecule has 1 aliphatic heterocycles. The summed E-state index contributed by atoms with van der Waals surface area (Å²) in [6, 6.07) is 0. The maximum atomic E-state index is 12.4. The summed E-state index contributed by atoms with van der Waals surface area (Å²) in [5, 5.41) is 10.9. The molecule has 1 saturated heterocycles. The Morgan fingerprint density at radius 2 is 1.90 bits per heavy atom. The van der Waals surface area contributed by atoms with E-state index in [2.05, 4.69) is 6.58 Å². The van der Waals surface area contributed by atoms with Crippen LogP contribution in [0.25, 0.3) is 0 Å². The van der Waals surface area contributed by atoms with E-state index in [0.29, 0.717) is 23.1 Å². The molecule has 5 atom stereocenters. The van der Waals surface area contributed by atoms with Gasteiger partial charge < -0.3 is 19.3 Å². The molecule has 0 aromatic rings. The third kappa shape index (κ3) is 5.03. The average Bonchev–Trinajstić information content (AvgIpc) is 2.93. The van der Waals surface area contributed by atoms with Gasteiger partial charge in [0.2, 0.25) is 0 Å². The second-order valence-corrected chi connectivity index (χ2v) is 7.40. The molecular formula is C22H28O7. The number of aliphatic hydroxyl groups is 1. The van der Waals surface area contributed by atoms with Gasteiger partial charge in [-0.2, -0.15) is 0 Å². The molecule has 0 aromatic carbocycles. The van der Waals surface area contributed by atoms with Crippen LogP contribution in [0.2, 0.25) is 0 Å². The van der Waals surface area contributed by atoms with Crippen LogP contribution >= 0.6 is 0 Å². The molecule has 158 valence electrons. The van der Waals surface area contributed by atoms with E-state index in [1.165, 1.54) is 6.92 Å². The van der Waals surface area contributed by atoms with Crippen molar-refractivity contribution in [1.82, 2.24) is 0 Å². The molecular weight excluding hydrogens is 376 g/mol. The van der Waals surface area contributed by atoms with E-state index in [-0.39, 0.29) is 5.57 Å². The smallest absolute Gasteiger partial charge is 0.334 e. The van der Waals surface area contributed by atoms with Crippen molar-refractivity contribution in [2.75, 3.05) is 0 Å². The Balaban J connectivity index is 2.52. The van der Waals surface area contributed by atoms with E-state index < -0.39 is 48.2 Å². The second kappa shape index (κ2) is 9.22. The van der Waals surface area contributed by atoms with Crippen LogP contribution in [-0.2, 0) is 28.6 Å². The number of rotatable bonds is 3. The van der Waals surface area contributed by atoms with E-state index in [0.717, 1.165) is 0 Å². The summed E-state index contributed by atoms with van der Waals surface area (Å²) >= 11 is 0. The van der Waals surface area contributed by atoms with Crippen molar-refractivity contribution in [2.45, 2.75) is 65.5 Å². The quantitative estimate of drug-likeness (QED) is 0.334. The fourth-order valence-corrected chi connectivity index (χ4v) is 3.36. The Kier molecular flexibility index (Phi) is 7.19. The third-order valence-electron chi connectivity index (χ3n) is 5.29. The zero-order valence-electron chi connectivity index (χ0n) is 17.4. The van der Waals surface area contributed by atoms with Gasteiger partial charge in [0, 0.05) is 24.5 Å². The zero-order valence-corrected chi connectivity index (χ0v) is 17.4. The lowest BCUT2D eigenvalue weighted by molar-refractivity contribution is -0.153. The van der Waals surface area contributed by atoms with Gasteiger partial charge in [0.05, 0.1) is 5.92 Å². The standard InChI is InChI=1S/C22H28O7/c1-7-11(2)21(25)29-20-18-14(5)22(26)28-17(18)10-13(4)16(27-15(6)23)9-8-12(3)19(20)24/h7-8,10,16-20,24H,5,9H2,1-4,6H3/b11-7-,12-8-,13-10-/t16-,17+,18+,19+,20-/m0/s1. The highest BCUT2D eigenvalue weighted by atomic mass is 16.6. The highest BCUT2D eigenvalue weighted by Gasteiger charge is 2.47. The molecule has 0 amide bonds. The Morgan fingerprint density at radius 3 is 2.48 bits per heavy atom. The largest absolute Gasteiger partial charge is 0.458 e. The first kappa shape index (κ1) is 22.6. The summed E-state index contributed by atoms with van der Waals surface area (Å²) in [5.74, 6) is -2.43. The predicted octanol–water partition coefficient (Wildman–Crippen LogP) is 2.55. The first-order chi connectivity index (χ1) is 13.6. The SMILES string of the molecule is C=C1C(=O)O[C@@H]2/C=C(/C)[C@@H](OC(C)=O)C/C=C(/C)[C@@H](O)[C@@H](OC(=O)/C(C)=C\C)[C@H]12. The predicted molar refractivity (Wildman–Crippen MR) is 106 cm³/mol. The first-order valence-corrected chi connectivity index (χ1v) is 9.50. The Bertz CT molecular complexity index is 802. The molecule has 1 heterocycles. The van der Waals surface area contributed by atoms with Crippen LogP contribution < -0.4 is 0 Å². The number of ether oxygens (including phenoxy) is 3. The van der Waals surface area contributed by atoms with Crippen LogP contribution in [-0.4, -0.2) is 47.4 Å².